The van der Waals surface area contributed by atoms with Gasteiger partial charge < -0.3 is 10.0 Å². The second-order valence-corrected chi connectivity index (χ2v) is 7.20. The van der Waals surface area contributed by atoms with Gasteiger partial charge >= 0.3 is 0 Å². The number of thiocarbonyl (C=S) groups is 1. The number of aliphatic hydroxyl groups is 1. The molecular formula is C20H27N3O4S. The molecule has 2 N–H and O–H groups in total. The van der Waals surface area contributed by atoms with E-state index in [1.165, 1.54) is 36.6 Å². The Morgan fingerprint density at radius 1 is 1.25 bits per heavy atom. The van der Waals surface area contributed by atoms with Crippen molar-refractivity contribution in [2.45, 2.75) is 44.9 Å². The van der Waals surface area contributed by atoms with E-state index in [-0.39, 0.29) is 23.0 Å². The first-order chi connectivity index (χ1) is 13.5. The molecule has 1 aromatic rings. The van der Waals surface area contributed by atoms with E-state index in [4.69, 9.17) is 17.3 Å². The van der Waals surface area contributed by atoms with Crippen LogP contribution in [0.25, 0.3) is 0 Å². The highest BCUT2D eigenvalue weighted by Gasteiger charge is 2.21. The molecule has 0 fully saturated rings. The number of carbonyl (C=O) groups is 1. The maximum Gasteiger partial charge on any atom is 0.282 e. The van der Waals surface area contributed by atoms with E-state index in [0.717, 1.165) is 25.7 Å². The van der Waals surface area contributed by atoms with E-state index < -0.39 is 10.8 Å². The van der Waals surface area contributed by atoms with Crippen LogP contribution in [0.3, 0.4) is 0 Å². The van der Waals surface area contributed by atoms with Gasteiger partial charge in [0, 0.05) is 25.8 Å². The molecule has 7 nitrogen and oxygen atoms in total. The van der Waals surface area contributed by atoms with E-state index in [0.29, 0.717) is 19.5 Å². The van der Waals surface area contributed by atoms with Crippen molar-refractivity contribution < 1.29 is 14.8 Å². The van der Waals surface area contributed by atoms with Gasteiger partial charge in [0.05, 0.1) is 4.92 Å². The molecule has 0 aliphatic heterocycles. The van der Waals surface area contributed by atoms with Crippen LogP contribution in [0, 0.1) is 10.1 Å². The van der Waals surface area contributed by atoms with Gasteiger partial charge in [0.15, 0.2) is 5.11 Å². The number of unbranched alkanes of at least 4 members (excludes halogenated alkanes) is 1. The van der Waals surface area contributed by atoms with E-state index in [1.807, 2.05) is 4.90 Å². The van der Waals surface area contributed by atoms with Crippen LogP contribution >= 0.6 is 12.2 Å². The fourth-order valence-electron chi connectivity index (χ4n) is 3.21. The molecule has 0 heterocycles. The lowest BCUT2D eigenvalue weighted by Gasteiger charge is -2.26. The van der Waals surface area contributed by atoms with E-state index in [2.05, 4.69) is 11.4 Å². The Morgan fingerprint density at radius 2 is 2.04 bits per heavy atom. The second kappa shape index (κ2) is 11.5. The second-order valence-electron chi connectivity index (χ2n) is 6.81. The predicted molar refractivity (Wildman–Crippen MR) is 112 cm³/mol. The molecule has 1 aromatic carbocycles. The fraction of sp³-hybridized carbons (Fsp3) is 0.500. The Labute approximate surface area is 170 Å². The molecule has 8 heteroatoms. The van der Waals surface area contributed by atoms with Crippen LogP contribution in [-0.2, 0) is 0 Å². The number of hydrogen-bond donors (Lipinski definition) is 2. The van der Waals surface area contributed by atoms with Crippen LogP contribution in [0.2, 0.25) is 0 Å². The molecule has 0 bridgehead atoms. The summed E-state index contributed by atoms with van der Waals surface area (Å²) in [6.45, 7) is 1.39. The number of nitro benzene ring substituents is 1. The van der Waals surface area contributed by atoms with Gasteiger partial charge in [0.25, 0.3) is 11.6 Å². The zero-order valence-corrected chi connectivity index (χ0v) is 16.7. The number of rotatable bonds is 9. The van der Waals surface area contributed by atoms with Crippen molar-refractivity contribution in [3.05, 3.63) is 51.6 Å². The molecule has 0 saturated carbocycles. The predicted octanol–water partition coefficient (Wildman–Crippen LogP) is 3.57. The van der Waals surface area contributed by atoms with Crippen LogP contribution < -0.4 is 5.32 Å². The summed E-state index contributed by atoms with van der Waals surface area (Å²) in [5, 5.41) is 23.1. The minimum absolute atomic E-state index is 0.0138. The molecular weight excluding hydrogens is 378 g/mol. The molecule has 0 radical (unpaired) electrons. The summed E-state index contributed by atoms with van der Waals surface area (Å²) >= 11 is 5.42. The minimum Gasteiger partial charge on any atom is -0.396 e. The van der Waals surface area contributed by atoms with Crippen LogP contribution in [-0.4, -0.2) is 45.6 Å². The van der Waals surface area contributed by atoms with Crippen molar-refractivity contribution in [1.82, 2.24) is 10.2 Å². The highest BCUT2D eigenvalue weighted by molar-refractivity contribution is 7.80. The number of amides is 1. The van der Waals surface area contributed by atoms with Crippen molar-refractivity contribution in [1.29, 1.82) is 0 Å². The summed E-state index contributed by atoms with van der Waals surface area (Å²) in [6, 6.07) is 5.82. The van der Waals surface area contributed by atoms with Gasteiger partial charge in [0.2, 0.25) is 0 Å². The number of nitro groups is 1. The van der Waals surface area contributed by atoms with Gasteiger partial charge in [-0.15, -0.1) is 0 Å². The summed E-state index contributed by atoms with van der Waals surface area (Å²) in [7, 11) is 0. The Morgan fingerprint density at radius 3 is 2.71 bits per heavy atom. The third-order valence-electron chi connectivity index (χ3n) is 4.78. The Kier molecular flexibility index (Phi) is 9.03. The standard InChI is InChI=1S/C20H27N3O4S/c24-15-7-6-13-22(14-12-16-8-2-1-3-9-16)20(28)21-19(25)17-10-4-5-11-18(17)23(26)27/h4-5,8,10-11,24H,1-3,6-7,9,12-15H2,(H,21,25,28). The lowest BCUT2D eigenvalue weighted by molar-refractivity contribution is -0.385. The minimum atomic E-state index is -0.582. The molecule has 0 unspecified atom stereocenters. The zero-order valence-electron chi connectivity index (χ0n) is 15.9. The molecule has 0 aromatic heterocycles. The number of carbonyl (C=O) groups excluding carboxylic acids is 1. The van der Waals surface area contributed by atoms with Gasteiger partial charge in [-0.05, 0) is 63.2 Å². The maximum atomic E-state index is 12.5. The number of nitrogens with one attached hydrogen (secondary N) is 1. The zero-order chi connectivity index (χ0) is 20.4. The van der Waals surface area contributed by atoms with Crippen molar-refractivity contribution in [3.63, 3.8) is 0 Å². The van der Waals surface area contributed by atoms with Crippen LogP contribution in [0.5, 0.6) is 0 Å². The van der Waals surface area contributed by atoms with Crippen LogP contribution in [0.4, 0.5) is 5.69 Å². The molecule has 1 aliphatic rings. The highest BCUT2D eigenvalue weighted by atomic mass is 32.1. The number of aliphatic hydroxyl groups excluding tert-OH is 1. The molecule has 2 rings (SSSR count). The third-order valence-corrected chi connectivity index (χ3v) is 5.14. The van der Waals surface area contributed by atoms with Gasteiger partial charge in [-0.3, -0.25) is 20.2 Å². The van der Waals surface area contributed by atoms with Crippen LogP contribution in [0.15, 0.2) is 35.9 Å². The van der Waals surface area contributed by atoms with Crippen molar-refractivity contribution in [2.24, 2.45) is 0 Å². The molecule has 0 spiro atoms. The number of nitrogens with zero attached hydrogens (tertiary/aromatic N) is 2. The summed E-state index contributed by atoms with van der Waals surface area (Å²) in [5.41, 5.74) is 1.15. The fourth-order valence-corrected chi connectivity index (χ4v) is 3.48. The smallest absolute Gasteiger partial charge is 0.282 e. The normalized spacial score (nSPS) is 13.5. The Balaban J connectivity index is 2.02. The lowest BCUT2D eigenvalue weighted by atomic mass is 9.97. The number of para-hydroxylation sites is 1. The maximum absolute atomic E-state index is 12.5. The Bertz CT molecular complexity index is 736. The lowest BCUT2D eigenvalue weighted by Crippen LogP contribution is -2.43. The summed E-state index contributed by atoms with van der Waals surface area (Å²) < 4.78 is 0. The van der Waals surface area contributed by atoms with E-state index >= 15 is 0 Å². The van der Waals surface area contributed by atoms with Crippen molar-refractivity contribution in [2.75, 3.05) is 19.7 Å². The number of benzene rings is 1. The monoisotopic (exact) mass is 405 g/mol. The average Bonchev–Trinajstić information content (AvgIpc) is 2.71. The van der Waals surface area contributed by atoms with Crippen LogP contribution in [0.1, 0.15) is 55.3 Å². The first-order valence-electron chi connectivity index (χ1n) is 9.65. The molecule has 0 atom stereocenters. The van der Waals surface area contributed by atoms with Gasteiger partial charge in [-0.25, -0.2) is 0 Å². The largest absolute Gasteiger partial charge is 0.396 e. The Hall–Kier alpha value is -2.32. The van der Waals surface area contributed by atoms with Crippen molar-refractivity contribution in [3.8, 4) is 0 Å². The van der Waals surface area contributed by atoms with Gasteiger partial charge in [0.1, 0.15) is 5.56 Å². The van der Waals surface area contributed by atoms with Gasteiger partial charge in [-0.2, -0.15) is 0 Å². The molecule has 0 saturated heterocycles. The highest BCUT2D eigenvalue weighted by Crippen LogP contribution is 2.21. The molecule has 152 valence electrons. The molecule has 28 heavy (non-hydrogen) atoms. The van der Waals surface area contributed by atoms with E-state index in [1.54, 1.807) is 6.07 Å². The topological polar surface area (TPSA) is 95.7 Å². The average molecular weight is 406 g/mol. The summed E-state index contributed by atoms with van der Waals surface area (Å²) in [6.07, 6.45) is 9.20. The molecule has 1 amide bonds. The first kappa shape index (κ1) is 22.0. The van der Waals surface area contributed by atoms with E-state index in [9.17, 15) is 14.9 Å². The molecule has 1 aliphatic carbocycles. The SMILES string of the molecule is O=C(NC(=S)N(CCCCO)CCC1=CCCCC1)c1ccccc1[N+](=O)[O-]. The number of hydrogen-bond acceptors (Lipinski definition) is 5. The summed E-state index contributed by atoms with van der Waals surface area (Å²) in [5.74, 6) is -0.582. The summed E-state index contributed by atoms with van der Waals surface area (Å²) in [4.78, 5) is 25.0. The third kappa shape index (κ3) is 6.69. The number of allylic oxidation sites excluding steroid dienone is 1. The quantitative estimate of drug-likeness (QED) is 0.214. The first-order valence-corrected chi connectivity index (χ1v) is 10.1. The van der Waals surface area contributed by atoms with Gasteiger partial charge in [-0.1, -0.05) is 23.8 Å². The van der Waals surface area contributed by atoms with Crippen molar-refractivity contribution >= 4 is 28.9 Å².